The number of hydrogen-bond acceptors (Lipinski definition) is 3. The molecule has 11 heavy (non-hydrogen) atoms. The lowest BCUT2D eigenvalue weighted by Crippen LogP contribution is -2.21. The van der Waals surface area contributed by atoms with E-state index in [1.807, 2.05) is 0 Å². The first kappa shape index (κ1) is 11.3. The third-order valence-electron chi connectivity index (χ3n) is 0.772. The molecular weight excluding hydrogens is 289 g/mol. The monoisotopic (exact) mass is 291 g/mol. The zero-order chi connectivity index (χ0) is 8.65. The van der Waals surface area contributed by atoms with Crippen LogP contribution in [0.25, 0.3) is 0 Å². The minimum atomic E-state index is -2.10. The van der Waals surface area contributed by atoms with E-state index in [1.165, 1.54) is 3.96 Å². The largest absolute Gasteiger partial charge is 0.225 e. The summed E-state index contributed by atoms with van der Waals surface area (Å²) in [4.78, 5) is 5.69. The number of rotatable bonds is 0. The van der Waals surface area contributed by atoms with Gasteiger partial charge in [0.15, 0.2) is 15.2 Å². The van der Waals surface area contributed by atoms with Gasteiger partial charge in [-0.05, 0) is 11.8 Å². The second kappa shape index (κ2) is 4.15. The maximum absolute atomic E-state index is 5.88. The summed E-state index contributed by atoms with van der Waals surface area (Å²) < 4.78 is 1.31. The molecule has 1 aliphatic heterocycles. The van der Waals surface area contributed by atoms with Gasteiger partial charge in [0.1, 0.15) is 6.54 Å². The van der Waals surface area contributed by atoms with E-state index in [1.54, 1.807) is 0 Å². The molecule has 0 spiro atoms. The summed E-state index contributed by atoms with van der Waals surface area (Å²) in [6, 6.07) is 0. The van der Waals surface area contributed by atoms with Crippen LogP contribution < -0.4 is 9.72 Å². The van der Waals surface area contributed by atoms with Crippen molar-refractivity contribution in [3.8, 4) is 0 Å². The summed E-state index contributed by atoms with van der Waals surface area (Å²) in [5.41, 5.74) is 0. The van der Waals surface area contributed by atoms with Crippen molar-refractivity contribution in [3.63, 3.8) is 0 Å². The Labute approximate surface area is 87.0 Å². The molecule has 0 aromatic rings. The van der Waals surface area contributed by atoms with Gasteiger partial charge in [-0.15, -0.1) is 3.96 Å². The van der Waals surface area contributed by atoms with Crippen LogP contribution in [0.1, 0.15) is 0 Å². The average Bonchev–Trinajstić information content (AvgIpc) is 1.81. The highest BCUT2D eigenvalue weighted by atomic mass is 35.7. The molecule has 66 valence electrons. The van der Waals surface area contributed by atoms with Crippen LogP contribution in [0.4, 0.5) is 0 Å². The maximum atomic E-state index is 5.88. The molecule has 0 bridgehead atoms. The van der Waals surface area contributed by atoms with Crippen molar-refractivity contribution in [1.29, 1.82) is 0 Å². The molecular formula is CH4Cl4N3P3. The number of nitrogens with one attached hydrogen (secondary N) is 2. The Kier molecular flexibility index (Phi) is 4.26. The first-order valence-corrected chi connectivity index (χ1v) is 9.90. The molecule has 2 N–H and O–H groups in total. The Hall–Kier alpha value is 2.20. The molecule has 2 atom stereocenters. The van der Waals surface area contributed by atoms with E-state index in [0.717, 1.165) is 0 Å². The summed E-state index contributed by atoms with van der Waals surface area (Å²) >= 11 is 23.1. The topological polar surface area (TPSA) is 27.3 Å². The fraction of sp³-hybridized carbons (Fsp3) is 0. The van der Waals surface area contributed by atoms with Gasteiger partial charge in [-0.25, -0.2) is 9.72 Å². The van der Waals surface area contributed by atoms with Gasteiger partial charge in [0.2, 0.25) is 0 Å². The molecule has 10 heteroatoms. The van der Waals surface area contributed by atoms with Gasteiger partial charge in [-0.3, -0.25) is 0 Å². The Bertz CT molecular complexity index is 183. The maximum Gasteiger partial charge on any atom is 0.163 e. The molecule has 0 amide bonds. The highest BCUT2D eigenvalue weighted by Crippen LogP contribution is 2.72. The zero-order valence-corrected chi connectivity index (χ0v) is 10.7. The Morgan fingerprint density at radius 2 is 1.64 bits per heavy atom. The second-order valence-corrected chi connectivity index (χ2v) is 11.3. The molecule has 2 unspecified atom stereocenters. The summed E-state index contributed by atoms with van der Waals surface area (Å²) in [5.74, 6) is 0. The lowest BCUT2D eigenvalue weighted by Gasteiger charge is -2.35. The molecule has 0 aliphatic carbocycles. The molecule has 0 aromatic carbocycles. The molecule has 0 saturated carbocycles. The number of halogens is 4. The van der Waals surface area contributed by atoms with Gasteiger partial charge >= 0.3 is 0 Å². The van der Waals surface area contributed by atoms with E-state index >= 15 is 0 Å². The number of hydrogen-bond donors (Lipinski definition) is 2. The van der Waals surface area contributed by atoms with Crippen molar-refractivity contribution in [3.05, 3.63) is 0 Å². The lowest BCUT2D eigenvalue weighted by molar-refractivity contribution is 1.14. The number of nitrogens with zero attached hydrogens (tertiary/aromatic N) is 1. The van der Waals surface area contributed by atoms with Crippen molar-refractivity contribution in [2.75, 3.05) is 0 Å². The molecule has 1 fully saturated rings. The first-order valence-electron chi connectivity index (χ1n) is 2.29. The Morgan fingerprint density at radius 3 is 2.00 bits per heavy atom. The van der Waals surface area contributed by atoms with Crippen LogP contribution in [0.3, 0.4) is 0 Å². The molecule has 0 aromatic heterocycles. The lowest BCUT2D eigenvalue weighted by atomic mass is 12.0. The zero-order valence-electron chi connectivity index (χ0n) is 5.01. The molecule has 1 rings (SSSR count). The van der Waals surface area contributed by atoms with Gasteiger partial charge < -0.3 is 0 Å². The third-order valence-corrected chi connectivity index (χ3v) is 11.9. The van der Waals surface area contributed by atoms with Crippen LogP contribution in [-0.4, -0.2) is 10.3 Å². The minimum absolute atomic E-state index is 1.17. The SMILES string of the molecule is C=P1(Cl)NP(Cl)N(Cl)P(Cl)N1. The smallest absolute Gasteiger partial charge is 0.163 e. The normalized spacial score (nSPS) is 47.6. The third kappa shape index (κ3) is 3.11. The predicted molar refractivity (Wildman–Crippen MR) is 59.4 cm³/mol. The van der Waals surface area contributed by atoms with E-state index in [4.69, 9.17) is 45.5 Å². The predicted octanol–water partition coefficient (Wildman–Crippen LogP) is 4.00. The average molecular weight is 293 g/mol. The van der Waals surface area contributed by atoms with E-state index in [2.05, 4.69) is 16.0 Å². The van der Waals surface area contributed by atoms with Crippen LogP contribution in [-0.2, 0) is 0 Å². The Balaban J connectivity index is 2.70. The van der Waals surface area contributed by atoms with Crippen molar-refractivity contribution >= 4 is 73.5 Å². The second-order valence-electron chi connectivity index (χ2n) is 1.68. The summed E-state index contributed by atoms with van der Waals surface area (Å²) in [6.45, 7) is -2.10. The van der Waals surface area contributed by atoms with Crippen molar-refractivity contribution < 1.29 is 0 Å². The molecule has 0 radical (unpaired) electrons. The minimum Gasteiger partial charge on any atom is -0.225 e. The van der Waals surface area contributed by atoms with Crippen LogP contribution in [0, 0.1) is 0 Å². The molecule has 1 aliphatic rings. The van der Waals surface area contributed by atoms with Crippen molar-refractivity contribution in [2.45, 2.75) is 0 Å². The van der Waals surface area contributed by atoms with E-state index in [0.29, 0.717) is 0 Å². The van der Waals surface area contributed by atoms with Gasteiger partial charge in [-0.2, -0.15) is 0 Å². The first-order chi connectivity index (χ1) is 4.92. The molecule has 1 saturated heterocycles. The fourth-order valence-corrected chi connectivity index (χ4v) is 11.4. The van der Waals surface area contributed by atoms with Gasteiger partial charge in [-0.1, -0.05) is 40.0 Å². The van der Waals surface area contributed by atoms with Gasteiger partial charge in [0, 0.05) is 0 Å². The van der Waals surface area contributed by atoms with Gasteiger partial charge in [0.25, 0.3) is 0 Å². The van der Waals surface area contributed by atoms with Crippen LogP contribution >= 0.6 is 67.2 Å². The Morgan fingerprint density at radius 1 is 1.27 bits per heavy atom. The van der Waals surface area contributed by atoms with Gasteiger partial charge in [0.05, 0.1) is 0 Å². The van der Waals surface area contributed by atoms with Crippen LogP contribution in [0.2, 0.25) is 0 Å². The van der Waals surface area contributed by atoms with Crippen molar-refractivity contribution in [2.24, 2.45) is 0 Å². The fourth-order valence-electron chi connectivity index (χ4n) is 0.427. The standard InChI is InChI=1S/CH4Cl4N3P3/c1-11(5)6-9(3)8(2)10(4)7-11/h6-7H,1H2. The molecule has 1 heterocycles. The summed E-state index contributed by atoms with van der Waals surface area (Å²) in [7, 11) is -2.34. The molecule has 3 nitrogen and oxygen atoms in total. The van der Waals surface area contributed by atoms with E-state index in [9.17, 15) is 0 Å². The van der Waals surface area contributed by atoms with E-state index < -0.39 is 21.7 Å². The summed E-state index contributed by atoms with van der Waals surface area (Å²) in [5, 5.41) is 0. The highest BCUT2D eigenvalue weighted by Gasteiger charge is 2.34. The van der Waals surface area contributed by atoms with Crippen molar-refractivity contribution in [1.82, 2.24) is 13.7 Å². The highest BCUT2D eigenvalue weighted by molar-refractivity contribution is 8.11. The quantitative estimate of drug-likeness (QED) is 0.522. The van der Waals surface area contributed by atoms with Crippen LogP contribution in [0.15, 0.2) is 0 Å². The van der Waals surface area contributed by atoms with E-state index in [-0.39, 0.29) is 0 Å². The summed E-state index contributed by atoms with van der Waals surface area (Å²) in [6.07, 6.45) is 3.70. The van der Waals surface area contributed by atoms with Crippen LogP contribution in [0.5, 0.6) is 0 Å².